The van der Waals surface area contributed by atoms with Crippen LogP contribution in [0.4, 0.5) is 29.3 Å². The number of benzene rings is 2. The van der Waals surface area contributed by atoms with Crippen LogP contribution < -0.4 is 15.4 Å². The molecule has 3 amide bonds. The zero-order valence-corrected chi connectivity index (χ0v) is 29.5. The molecule has 0 fully saturated rings. The summed E-state index contributed by atoms with van der Waals surface area (Å²) in [6.45, 7) is 10.3. The molecule has 0 saturated heterocycles. The van der Waals surface area contributed by atoms with Gasteiger partial charge < -0.3 is 34.6 Å². The van der Waals surface area contributed by atoms with E-state index in [9.17, 15) is 27.9 Å². The summed E-state index contributed by atoms with van der Waals surface area (Å²) in [5.74, 6) is 0.235. The number of likely N-dealkylation sites (N-methyl/N-ethyl adjacent to an activating group) is 1. The highest BCUT2D eigenvalue weighted by molar-refractivity contribution is 6.03. The predicted octanol–water partition coefficient (Wildman–Crippen LogP) is 6.88. The monoisotopic (exact) mass is 703 g/mol. The van der Waals surface area contributed by atoms with Crippen molar-refractivity contribution in [1.29, 1.82) is 0 Å². The smallest absolute Gasteiger partial charge is 0.416 e. The Morgan fingerprint density at radius 1 is 1.12 bits per heavy atom. The van der Waals surface area contributed by atoms with Gasteiger partial charge in [-0.25, -0.2) is 4.79 Å². The number of fused-ring (bicyclic) bond motifs is 1. The van der Waals surface area contributed by atoms with Gasteiger partial charge in [-0.05, 0) is 89.9 Å². The van der Waals surface area contributed by atoms with Gasteiger partial charge in [-0.3, -0.25) is 9.69 Å². The number of aromatic nitrogens is 1. The molecular formula is C36H48F3N5O6. The highest BCUT2D eigenvalue weighted by Gasteiger charge is 2.32. The Morgan fingerprint density at radius 2 is 1.84 bits per heavy atom. The number of carbonyl (C=O) groups is 2. The van der Waals surface area contributed by atoms with Crippen molar-refractivity contribution in [2.24, 2.45) is 5.92 Å². The van der Waals surface area contributed by atoms with Crippen LogP contribution in [0.15, 0.2) is 47.0 Å². The Kier molecular flexibility index (Phi) is 13.3. The molecule has 0 bridgehead atoms. The molecule has 1 aromatic heterocycles. The van der Waals surface area contributed by atoms with Gasteiger partial charge in [-0.15, -0.1) is 0 Å². The molecule has 4 rings (SSSR count). The number of carbonyl (C=O) groups excluding carboxylic acids is 2. The number of alkyl halides is 3. The average molecular weight is 704 g/mol. The van der Waals surface area contributed by atoms with Gasteiger partial charge >= 0.3 is 12.2 Å². The van der Waals surface area contributed by atoms with Crippen molar-refractivity contribution in [3.8, 4) is 5.75 Å². The van der Waals surface area contributed by atoms with Crippen molar-refractivity contribution in [2.75, 3.05) is 44.0 Å². The van der Waals surface area contributed by atoms with Crippen molar-refractivity contribution in [2.45, 2.75) is 84.9 Å². The van der Waals surface area contributed by atoms with Gasteiger partial charge in [-0.2, -0.15) is 13.2 Å². The maximum atomic E-state index is 14.4. The molecule has 14 heteroatoms. The standard InChI is InChI=1S/C36H48F3N5O6/c1-22-18-44(23(2)21-45)34(46)30-17-29(40-35(47)41-33-25(4)42-50-26(33)5)14-15-31(30)49-24(3)9-7-8-16-48-32(22)20-43(6)19-27-10-12-28(13-11-27)36(37,38)39/h10-15,17,22-24,32,45H,7-9,16,18-21H2,1-6H3,(H2,40,41,47)/t22-,23+,24-,32-/m1/s1. The summed E-state index contributed by atoms with van der Waals surface area (Å²) < 4.78 is 57.0. The second-order valence-electron chi connectivity index (χ2n) is 13.2. The Balaban J connectivity index is 1.57. The molecule has 50 heavy (non-hydrogen) atoms. The van der Waals surface area contributed by atoms with Crippen molar-refractivity contribution >= 4 is 23.3 Å². The maximum Gasteiger partial charge on any atom is 0.416 e. The first kappa shape index (κ1) is 38.7. The van der Waals surface area contributed by atoms with Gasteiger partial charge in [0, 0.05) is 37.8 Å². The lowest BCUT2D eigenvalue weighted by molar-refractivity contribution is -0.137. The predicted molar refractivity (Wildman–Crippen MR) is 183 cm³/mol. The van der Waals surface area contributed by atoms with Crippen molar-refractivity contribution in [1.82, 2.24) is 15.0 Å². The maximum absolute atomic E-state index is 14.4. The number of hydrogen-bond acceptors (Lipinski definition) is 8. The van der Waals surface area contributed by atoms with Crippen LogP contribution in [-0.4, -0.2) is 83.6 Å². The van der Waals surface area contributed by atoms with Crippen molar-refractivity contribution < 1.29 is 41.9 Å². The van der Waals surface area contributed by atoms with Crippen molar-refractivity contribution in [3.63, 3.8) is 0 Å². The highest BCUT2D eigenvalue weighted by Crippen LogP contribution is 2.31. The van der Waals surface area contributed by atoms with Crippen molar-refractivity contribution in [3.05, 3.63) is 70.6 Å². The van der Waals surface area contributed by atoms with E-state index in [1.54, 1.807) is 43.9 Å². The van der Waals surface area contributed by atoms with Gasteiger partial charge in [0.2, 0.25) is 0 Å². The highest BCUT2D eigenvalue weighted by atomic mass is 19.4. The molecule has 0 radical (unpaired) electrons. The van der Waals surface area contributed by atoms with Crippen LogP contribution in [0.1, 0.15) is 73.0 Å². The first-order valence-corrected chi connectivity index (χ1v) is 16.9. The summed E-state index contributed by atoms with van der Waals surface area (Å²) in [5, 5.41) is 19.6. The third kappa shape index (κ3) is 10.4. The molecule has 2 aromatic carbocycles. The Morgan fingerprint density at radius 3 is 2.48 bits per heavy atom. The third-order valence-electron chi connectivity index (χ3n) is 8.81. The molecule has 0 aliphatic carbocycles. The Hall–Kier alpha value is -4.14. The lowest BCUT2D eigenvalue weighted by Crippen LogP contribution is -2.47. The average Bonchev–Trinajstić information content (AvgIpc) is 3.37. The number of aryl methyl sites for hydroxylation is 2. The van der Waals surface area contributed by atoms with Gasteiger partial charge in [0.25, 0.3) is 5.91 Å². The number of ether oxygens (including phenoxy) is 2. The van der Waals surface area contributed by atoms with Gasteiger partial charge in [0.1, 0.15) is 17.1 Å². The molecule has 3 aromatic rings. The van der Waals surface area contributed by atoms with Crippen LogP contribution >= 0.6 is 0 Å². The van der Waals surface area contributed by atoms with E-state index in [2.05, 4.69) is 15.8 Å². The number of nitrogens with zero attached hydrogens (tertiary/aromatic N) is 3. The fourth-order valence-electron chi connectivity index (χ4n) is 5.88. The zero-order valence-electron chi connectivity index (χ0n) is 29.5. The molecule has 11 nitrogen and oxygen atoms in total. The van der Waals surface area contributed by atoms with E-state index in [0.717, 1.165) is 30.5 Å². The zero-order chi connectivity index (χ0) is 36.6. The summed E-state index contributed by atoms with van der Waals surface area (Å²) in [7, 11) is 1.88. The number of urea groups is 1. The van der Waals surface area contributed by atoms with Gasteiger partial charge in [0.15, 0.2) is 5.76 Å². The third-order valence-corrected chi connectivity index (χ3v) is 8.81. The Bertz CT molecular complexity index is 1560. The molecule has 274 valence electrons. The molecule has 1 aliphatic heterocycles. The fourth-order valence-corrected chi connectivity index (χ4v) is 5.88. The van der Waals surface area contributed by atoms with Crippen LogP contribution in [0.2, 0.25) is 0 Å². The van der Waals surface area contributed by atoms with Crippen LogP contribution in [0.3, 0.4) is 0 Å². The number of halogens is 3. The summed E-state index contributed by atoms with van der Waals surface area (Å²) in [5.41, 5.74) is 1.60. The molecule has 3 N–H and O–H groups in total. The molecule has 4 atom stereocenters. The van der Waals surface area contributed by atoms with Crippen LogP contribution in [0.25, 0.3) is 0 Å². The number of amides is 3. The first-order chi connectivity index (χ1) is 23.7. The molecule has 0 saturated carbocycles. The van der Waals surface area contributed by atoms with Crippen LogP contribution in [0.5, 0.6) is 5.75 Å². The van der Waals surface area contributed by atoms with Gasteiger partial charge in [0.05, 0.1) is 36.0 Å². The second-order valence-corrected chi connectivity index (χ2v) is 13.2. The van der Waals surface area contributed by atoms with E-state index in [4.69, 9.17) is 14.0 Å². The van der Waals surface area contributed by atoms with E-state index in [1.165, 1.54) is 12.1 Å². The van der Waals surface area contributed by atoms with E-state index in [0.29, 0.717) is 54.7 Å². The lowest BCUT2D eigenvalue weighted by atomic mass is 10.0. The first-order valence-electron chi connectivity index (χ1n) is 16.9. The summed E-state index contributed by atoms with van der Waals surface area (Å²) in [4.78, 5) is 30.8. The fraction of sp³-hybridized carbons (Fsp3) is 0.528. The van der Waals surface area contributed by atoms with E-state index >= 15 is 0 Å². The lowest BCUT2D eigenvalue weighted by Gasteiger charge is -2.36. The minimum Gasteiger partial charge on any atom is -0.490 e. The number of aliphatic hydroxyl groups excluding tert-OH is 1. The Labute approximate surface area is 291 Å². The number of hydrogen-bond donors (Lipinski definition) is 3. The molecule has 2 heterocycles. The van der Waals surface area contributed by atoms with E-state index in [1.807, 2.05) is 25.8 Å². The number of aliphatic hydroxyl groups is 1. The number of nitrogens with one attached hydrogen (secondary N) is 2. The summed E-state index contributed by atoms with van der Waals surface area (Å²) in [6, 6.07) is 8.90. The molecule has 0 unspecified atom stereocenters. The number of rotatable bonds is 8. The largest absolute Gasteiger partial charge is 0.490 e. The molecule has 0 spiro atoms. The summed E-state index contributed by atoms with van der Waals surface area (Å²) >= 11 is 0. The van der Waals surface area contributed by atoms with E-state index < -0.39 is 23.8 Å². The summed E-state index contributed by atoms with van der Waals surface area (Å²) in [6.07, 6.45) is -2.63. The SMILES string of the molecule is Cc1noc(C)c1NC(=O)Nc1ccc2c(c1)C(=O)N([C@@H](C)CO)C[C@@H](C)[C@@H](CN(C)Cc1ccc(C(F)(F)F)cc1)OCCCC[C@@H](C)O2. The normalized spacial score (nSPS) is 20.1. The minimum atomic E-state index is -4.40. The quantitative estimate of drug-likeness (QED) is 0.232. The van der Waals surface area contributed by atoms with Crippen LogP contribution in [0, 0.1) is 19.8 Å². The molecule has 1 aliphatic rings. The number of anilines is 2. The topological polar surface area (TPSA) is 129 Å². The van der Waals surface area contributed by atoms with E-state index in [-0.39, 0.29) is 42.7 Å². The van der Waals surface area contributed by atoms with Crippen LogP contribution in [-0.2, 0) is 17.5 Å². The molecular weight excluding hydrogens is 655 g/mol. The van der Waals surface area contributed by atoms with Gasteiger partial charge in [-0.1, -0.05) is 24.2 Å². The second kappa shape index (κ2) is 17.2. The minimum absolute atomic E-state index is 0.198.